The second-order valence-corrected chi connectivity index (χ2v) is 10.6. The molecule has 4 aliphatic rings. The Balaban J connectivity index is 1.17. The Morgan fingerprint density at radius 3 is 2.25 bits per heavy atom. The van der Waals surface area contributed by atoms with E-state index >= 15 is 0 Å². The molecule has 3 aromatic rings. The first-order valence-electron chi connectivity index (χ1n) is 11.7. The molecule has 4 aliphatic carbocycles. The molecule has 0 atom stereocenters. The molecule has 0 radical (unpaired) electrons. The molecule has 4 fully saturated rings. The van der Waals surface area contributed by atoms with Gasteiger partial charge < -0.3 is 5.32 Å². The van der Waals surface area contributed by atoms with E-state index in [-0.39, 0.29) is 11.3 Å². The number of hydrogen-bond acceptors (Lipinski definition) is 3. The van der Waals surface area contributed by atoms with Crippen LogP contribution in [0.3, 0.4) is 0 Å². The Hall–Kier alpha value is -2.73. The molecule has 164 valence electrons. The highest BCUT2D eigenvalue weighted by Gasteiger charge is 2.51. The normalized spacial score (nSPS) is 28.1. The number of carbonyl (C=O) groups is 1. The Labute approximate surface area is 193 Å². The van der Waals surface area contributed by atoms with Crippen molar-refractivity contribution in [1.82, 2.24) is 14.8 Å². The first-order chi connectivity index (χ1) is 15.6. The van der Waals surface area contributed by atoms with Crippen LogP contribution in [0.15, 0.2) is 54.6 Å². The minimum Gasteiger partial charge on any atom is -0.326 e. The standard InChI is InChI=1S/C26H28N4OS/c31-23(16-26-13-17-10-18(14-26)12-19(11-17)15-26)27-21-8-6-20(7-9-21)24-28-29-25(32)30(24)22-4-2-1-3-5-22/h1-9,17-19H,10-16H2,(H,27,31)(H,29,32). The fourth-order valence-corrected chi connectivity index (χ4v) is 7.30. The molecule has 4 bridgehead atoms. The summed E-state index contributed by atoms with van der Waals surface area (Å²) < 4.78 is 2.48. The van der Waals surface area contributed by atoms with Gasteiger partial charge in [0.1, 0.15) is 0 Å². The summed E-state index contributed by atoms with van der Waals surface area (Å²) in [5.74, 6) is 3.52. The largest absolute Gasteiger partial charge is 0.326 e. The third-order valence-corrected chi connectivity index (χ3v) is 8.09. The van der Waals surface area contributed by atoms with E-state index in [1.165, 1.54) is 38.5 Å². The number of aromatic amines is 1. The van der Waals surface area contributed by atoms with E-state index in [0.29, 0.717) is 11.2 Å². The summed E-state index contributed by atoms with van der Waals surface area (Å²) >= 11 is 5.45. The first-order valence-corrected chi connectivity index (χ1v) is 12.1. The minimum atomic E-state index is 0.159. The molecule has 0 saturated heterocycles. The van der Waals surface area contributed by atoms with Crippen molar-refractivity contribution in [2.45, 2.75) is 44.9 Å². The van der Waals surface area contributed by atoms with Gasteiger partial charge in [-0.05, 0) is 110 Å². The SMILES string of the molecule is O=C(CC12CC3CC(CC(C3)C1)C2)Nc1ccc(-c2n[nH]c(=S)n2-c2ccccc2)cc1. The number of carbonyl (C=O) groups excluding carboxylic acids is 1. The fourth-order valence-electron chi connectivity index (χ4n) is 7.06. The summed E-state index contributed by atoms with van der Waals surface area (Å²) in [5, 5.41) is 10.5. The lowest BCUT2D eigenvalue weighted by Gasteiger charge is -2.56. The van der Waals surface area contributed by atoms with E-state index in [1.54, 1.807) is 0 Å². The van der Waals surface area contributed by atoms with Crippen molar-refractivity contribution in [3.8, 4) is 17.1 Å². The lowest BCUT2D eigenvalue weighted by atomic mass is 9.49. The average molecular weight is 445 g/mol. The number of H-pyrrole nitrogens is 1. The summed E-state index contributed by atoms with van der Waals surface area (Å²) in [6.45, 7) is 0. The molecular weight excluding hydrogens is 416 g/mol. The highest BCUT2D eigenvalue weighted by molar-refractivity contribution is 7.71. The van der Waals surface area contributed by atoms with Gasteiger partial charge in [-0.3, -0.25) is 14.5 Å². The van der Waals surface area contributed by atoms with Gasteiger partial charge in [0.05, 0.1) is 0 Å². The van der Waals surface area contributed by atoms with Crippen LogP contribution in [0, 0.1) is 27.9 Å². The first kappa shape index (κ1) is 19.9. The molecule has 5 nitrogen and oxygen atoms in total. The number of hydrogen-bond donors (Lipinski definition) is 2. The summed E-state index contributed by atoms with van der Waals surface area (Å²) in [6, 6.07) is 17.9. The van der Waals surface area contributed by atoms with Gasteiger partial charge in [0.25, 0.3) is 0 Å². The van der Waals surface area contributed by atoms with Crippen LogP contribution in [-0.4, -0.2) is 20.7 Å². The molecule has 32 heavy (non-hydrogen) atoms. The van der Waals surface area contributed by atoms with Crippen LogP contribution in [0.2, 0.25) is 0 Å². The van der Waals surface area contributed by atoms with Crippen LogP contribution in [0.25, 0.3) is 17.1 Å². The highest BCUT2D eigenvalue weighted by atomic mass is 32.1. The van der Waals surface area contributed by atoms with Gasteiger partial charge in [-0.2, -0.15) is 5.10 Å². The Morgan fingerprint density at radius 2 is 1.62 bits per heavy atom. The number of benzene rings is 2. The lowest BCUT2D eigenvalue weighted by molar-refractivity contribution is -0.124. The molecule has 4 saturated carbocycles. The molecule has 0 aliphatic heterocycles. The smallest absolute Gasteiger partial charge is 0.224 e. The zero-order chi connectivity index (χ0) is 21.7. The molecule has 1 aromatic heterocycles. The number of anilines is 1. The van der Waals surface area contributed by atoms with Crippen molar-refractivity contribution in [3.63, 3.8) is 0 Å². The second-order valence-electron chi connectivity index (χ2n) is 10.2. The lowest BCUT2D eigenvalue weighted by Crippen LogP contribution is -2.47. The molecule has 2 N–H and O–H groups in total. The van der Waals surface area contributed by atoms with Crippen LogP contribution in [0.5, 0.6) is 0 Å². The second kappa shape index (κ2) is 7.69. The average Bonchev–Trinajstić information content (AvgIpc) is 3.15. The molecule has 7 rings (SSSR count). The highest BCUT2D eigenvalue weighted by Crippen LogP contribution is 2.61. The van der Waals surface area contributed by atoms with E-state index in [9.17, 15) is 4.79 Å². The van der Waals surface area contributed by atoms with Crippen molar-refractivity contribution in [3.05, 3.63) is 59.4 Å². The zero-order valence-electron chi connectivity index (χ0n) is 18.1. The van der Waals surface area contributed by atoms with Crippen molar-refractivity contribution in [2.75, 3.05) is 5.32 Å². The summed E-state index contributed by atoms with van der Waals surface area (Å²) in [7, 11) is 0. The maximum Gasteiger partial charge on any atom is 0.224 e. The van der Waals surface area contributed by atoms with E-state index in [0.717, 1.165) is 40.5 Å². The number of para-hydroxylation sites is 1. The summed E-state index contributed by atoms with van der Waals surface area (Å²) in [5.41, 5.74) is 3.01. The van der Waals surface area contributed by atoms with Crippen LogP contribution in [0.1, 0.15) is 44.9 Å². The van der Waals surface area contributed by atoms with Crippen molar-refractivity contribution >= 4 is 23.8 Å². The van der Waals surface area contributed by atoms with Gasteiger partial charge in [-0.1, -0.05) is 18.2 Å². The molecule has 6 heteroatoms. The van der Waals surface area contributed by atoms with Crippen LogP contribution >= 0.6 is 12.2 Å². The number of amides is 1. The van der Waals surface area contributed by atoms with E-state index in [2.05, 4.69) is 15.5 Å². The molecular formula is C26H28N4OS. The Kier molecular flexibility index (Phi) is 4.79. The van der Waals surface area contributed by atoms with Crippen LogP contribution in [-0.2, 0) is 4.79 Å². The molecule has 1 heterocycles. The Morgan fingerprint density at radius 1 is 1.00 bits per heavy atom. The van der Waals surface area contributed by atoms with Crippen molar-refractivity contribution in [2.24, 2.45) is 23.2 Å². The van der Waals surface area contributed by atoms with E-state index < -0.39 is 0 Å². The number of nitrogens with one attached hydrogen (secondary N) is 2. The van der Waals surface area contributed by atoms with Crippen LogP contribution < -0.4 is 5.32 Å². The third-order valence-electron chi connectivity index (χ3n) is 7.81. The maximum atomic E-state index is 12.9. The van der Waals surface area contributed by atoms with Gasteiger partial charge in [0.15, 0.2) is 10.6 Å². The van der Waals surface area contributed by atoms with E-state index in [4.69, 9.17) is 12.2 Å². The number of rotatable bonds is 5. The summed E-state index contributed by atoms with van der Waals surface area (Å²) in [6.07, 6.45) is 8.67. The third kappa shape index (κ3) is 3.60. The predicted molar refractivity (Wildman–Crippen MR) is 128 cm³/mol. The molecule has 0 unspecified atom stereocenters. The van der Waals surface area contributed by atoms with Crippen LogP contribution in [0.4, 0.5) is 5.69 Å². The van der Waals surface area contributed by atoms with Gasteiger partial charge in [-0.15, -0.1) is 0 Å². The maximum absolute atomic E-state index is 12.9. The predicted octanol–water partition coefficient (Wildman–Crippen LogP) is 6.14. The van der Waals surface area contributed by atoms with Gasteiger partial charge in [0, 0.05) is 23.4 Å². The summed E-state index contributed by atoms with van der Waals surface area (Å²) in [4.78, 5) is 12.9. The molecule has 1 amide bonds. The monoisotopic (exact) mass is 444 g/mol. The topological polar surface area (TPSA) is 62.7 Å². The van der Waals surface area contributed by atoms with Gasteiger partial charge >= 0.3 is 0 Å². The van der Waals surface area contributed by atoms with Gasteiger partial charge in [-0.25, -0.2) is 0 Å². The van der Waals surface area contributed by atoms with E-state index in [1.807, 2.05) is 59.2 Å². The number of nitrogens with zero attached hydrogens (tertiary/aromatic N) is 2. The van der Waals surface area contributed by atoms with Crippen molar-refractivity contribution < 1.29 is 4.79 Å². The Bertz CT molecular complexity index is 1160. The van der Waals surface area contributed by atoms with Gasteiger partial charge in [0.2, 0.25) is 5.91 Å². The number of aromatic nitrogens is 3. The zero-order valence-corrected chi connectivity index (χ0v) is 18.9. The van der Waals surface area contributed by atoms with Crippen molar-refractivity contribution in [1.29, 1.82) is 0 Å². The minimum absolute atomic E-state index is 0.159. The fraction of sp³-hybridized carbons (Fsp3) is 0.423. The quantitative estimate of drug-likeness (QED) is 0.465. The molecule has 0 spiro atoms. The molecule has 2 aromatic carbocycles.